The summed E-state index contributed by atoms with van der Waals surface area (Å²) in [6, 6.07) is 12.9. The Morgan fingerprint density at radius 2 is 1.96 bits per heavy atom. The second-order valence-electron chi connectivity index (χ2n) is 5.07. The summed E-state index contributed by atoms with van der Waals surface area (Å²) in [6.07, 6.45) is 1.22. The zero-order valence-corrected chi connectivity index (χ0v) is 14.0. The Morgan fingerprint density at radius 1 is 1.24 bits per heavy atom. The van der Waals surface area contributed by atoms with Gasteiger partial charge in [0.1, 0.15) is 11.6 Å². The van der Waals surface area contributed by atoms with Crippen molar-refractivity contribution in [2.24, 2.45) is 0 Å². The van der Waals surface area contributed by atoms with E-state index >= 15 is 0 Å². The van der Waals surface area contributed by atoms with E-state index in [1.54, 1.807) is 43.3 Å². The van der Waals surface area contributed by atoms with Gasteiger partial charge < -0.3 is 15.7 Å². The van der Waals surface area contributed by atoms with E-state index in [1.165, 1.54) is 18.3 Å². The van der Waals surface area contributed by atoms with Crippen LogP contribution in [0.5, 0.6) is 0 Å². The molecule has 1 amide bonds. The number of halogens is 1. The van der Waals surface area contributed by atoms with Crippen LogP contribution in [-0.2, 0) is 4.79 Å². The average molecular weight is 356 g/mol. The summed E-state index contributed by atoms with van der Waals surface area (Å²) >= 11 is 6.00. The van der Waals surface area contributed by atoms with Gasteiger partial charge in [-0.15, -0.1) is 0 Å². The smallest absolute Gasteiger partial charge is 0.335 e. The van der Waals surface area contributed by atoms with Gasteiger partial charge in [0.2, 0.25) is 0 Å². The molecule has 0 heterocycles. The zero-order valence-electron chi connectivity index (χ0n) is 13.2. The fourth-order valence-corrected chi connectivity index (χ4v) is 2.15. The van der Waals surface area contributed by atoms with Gasteiger partial charge in [0.25, 0.3) is 5.91 Å². The third-order valence-corrected chi connectivity index (χ3v) is 3.78. The molecule has 126 valence electrons. The highest BCUT2D eigenvalue weighted by Gasteiger charge is 2.12. The molecule has 2 aromatic rings. The molecule has 0 spiro atoms. The molecule has 0 aliphatic heterocycles. The Hall–Kier alpha value is -3.30. The molecule has 0 saturated carbocycles. The number of anilines is 2. The van der Waals surface area contributed by atoms with E-state index in [2.05, 4.69) is 10.6 Å². The number of amides is 1. The minimum atomic E-state index is -1.07. The van der Waals surface area contributed by atoms with E-state index in [4.69, 9.17) is 16.7 Å². The highest BCUT2D eigenvalue weighted by molar-refractivity contribution is 6.31. The monoisotopic (exact) mass is 355 g/mol. The molecule has 25 heavy (non-hydrogen) atoms. The molecular formula is C18H14ClN3O3. The Morgan fingerprint density at radius 3 is 2.64 bits per heavy atom. The normalized spacial score (nSPS) is 10.7. The van der Waals surface area contributed by atoms with Crippen molar-refractivity contribution < 1.29 is 14.7 Å². The van der Waals surface area contributed by atoms with Gasteiger partial charge in [-0.25, -0.2) is 4.79 Å². The van der Waals surface area contributed by atoms with Gasteiger partial charge >= 0.3 is 5.97 Å². The lowest BCUT2D eigenvalue weighted by Crippen LogP contribution is -2.15. The largest absolute Gasteiger partial charge is 0.478 e. The van der Waals surface area contributed by atoms with Crippen LogP contribution in [0.4, 0.5) is 11.4 Å². The van der Waals surface area contributed by atoms with Gasteiger partial charge in [-0.2, -0.15) is 5.26 Å². The molecule has 0 radical (unpaired) electrons. The number of nitrogens with zero attached hydrogens (tertiary/aromatic N) is 1. The number of nitrogens with one attached hydrogen (secondary N) is 2. The maximum absolute atomic E-state index is 12.2. The maximum Gasteiger partial charge on any atom is 0.335 e. The van der Waals surface area contributed by atoms with E-state index in [-0.39, 0.29) is 11.1 Å². The molecule has 0 aliphatic rings. The minimum Gasteiger partial charge on any atom is -0.478 e. The SMILES string of the molecule is Cc1c(Cl)cccc1NC(=O)/C(C#N)=C\Nc1cccc(C(=O)O)c1. The van der Waals surface area contributed by atoms with Crippen LogP contribution in [0.1, 0.15) is 15.9 Å². The summed E-state index contributed by atoms with van der Waals surface area (Å²) in [4.78, 5) is 23.2. The van der Waals surface area contributed by atoms with Crippen molar-refractivity contribution in [2.45, 2.75) is 6.92 Å². The molecule has 0 saturated heterocycles. The molecule has 0 unspecified atom stereocenters. The average Bonchev–Trinajstić information content (AvgIpc) is 2.59. The molecule has 0 aliphatic carbocycles. The topological polar surface area (TPSA) is 102 Å². The molecule has 6 nitrogen and oxygen atoms in total. The predicted octanol–water partition coefficient (Wildman–Crippen LogP) is 3.80. The number of aromatic carboxylic acids is 1. The van der Waals surface area contributed by atoms with Crippen LogP contribution < -0.4 is 10.6 Å². The van der Waals surface area contributed by atoms with Crippen LogP contribution in [0.25, 0.3) is 0 Å². The van der Waals surface area contributed by atoms with Gasteiger partial charge in [0, 0.05) is 22.6 Å². The highest BCUT2D eigenvalue weighted by Crippen LogP contribution is 2.23. The van der Waals surface area contributed by atoms with Gasteiger partial charge in [-0.05, 0) is 42.8 Å². The predicted molar refractivity (Wildman–Crippen MR) is 95.5 cm³/mol. The molecule has 0 atom stereocenters. The molecular weight excluding hydrogens is 342 g/mol. The second kappa shape index (κ2) is 7.99. The van der Waals surface area contributed by atoms with Gasteiger partial charge in [0.05, 0.1) is 5.56 Å². The van der Waals surface area contributed by atoms with Crippen LogP contribution >= 0.6 is 11.6 Å². The third-order valence-electron chi connectivity index (χ3n) is 3.37. The lowest BCUT2D eigenvalue weighted by molar-refractivity contribution is -0.112. The third kappa shape index (κ3) is 4.59. The lowest BCUT2D eigenvalue weighted by Gasteiger charge is -2.09. The van der Waals surface area contributed by atoms with Crippen molar-refractivity contribution in [3.8, 4) is 6.07 Å². The van der Waals surface area contributed by atoms with Crippen molar-refractivity contribution in [2.75, 3.05) is 10.6 Å². The van der Waals surface area contributed by atoms with Crippen LogP contribution in [-0.4, -0.2) is 17.0 Å². The number of nitriles is 1. The number of benzene rings is 2. The van der Waals surface area contributed by atoms with Crippen molar-refractivity contribution in [1.29, 1.82) is 5.26 Å². The maximum atomic E-state index is 12.2. The van der Waals surface area contributed by atoms with Crippen LogP contribution in [0.3, 0.4) is 0 Å². The van der Waals surface area contributed by atoms with Gasteiger partial charge in [0.15, 0.2) is 0 Å². The zero-order chi connectivity index (χ0) is 18.4. The first-order valence-electron chi connectivity index (χ1n) is 7.19. The summed E-state index contributed by atoms with van der Waals surface area (Å²) in [6.45, 7) is 1.75. The van der Waals surface area contributed by atoms with Gasteiger partial charge in [-0.1, -0.05) is 23.7 Å². The van der Waals surface area contributed by atoms with Crippen molar-refractivity contribution in [3.05, 3.63) is 70.4 Å². The summed E-state index contributed by atoms with van der Waals surface area (Å²) in [5.41, 5.74) is 1.57. The summed E-state index contributed by atoms with van der Waals surface area (Å²) in [5, 5.41) is 24.0. The molecule has 2 rings (SSSR count). The summed E-state index contributed by atoms with van der Waals surface area (Å²) < 4.78 is 0. The summed E-state index contributed by atoms with van der Waals surface area (Å²) in [7, 11) is 0. The van der Waals surface area contributed by atoms with E-state index < -0.39 is 11.9 Å². The molecule has 2 aromatic carbocycles. The quantitative estimate of drug-likeness (QED) is 0.559. The van der Waals surface area contributed by atoms with E-state index in [9.17, 15) is 14.9 Å². The number of hydrogen-bond donors (Lipinski definition) is 3. The van der Waals surface area contributed by atoms with Crippen LogP contribution in [0.2, 0.25) is 5.02 Å². The first kappa shape index (κ1) is 18.0. The van der Waals surface area contributed by atoms with Crippen molar-refractivity contribution >= 4 is 34.9 Å². The number of hydrogen-bond acceptors (Lipinski definition) is 4. The lowest BCUT2D eigenvalue weighted by atomic mass is 10.2. The Kier molecular flexibility index (Phi) is 5.77. The number of carbonyl (C=O) groups is 2. The first-order valence-corrected chi connectivity index (χ1v) is 7.57. The van der Waals surface area contributed by atoms with Crippen LogP contribution in [0, 0.1) is 18.3 Å². The fraction of sp³-hybridized carbons (Fsp3) is 0.0556. The molecule has 3 N–H and O–H groups in total. The molecule has 0 aromatic heterocycles. The number of carboxylic acids is 1. The van der Waals surface area contributed by atoms with E-state index in [1.807, 2.05) is 0 Å². The Bertz CT molecular complexity index is 901. The van der Waals surface area contributed by atoms with E-state index in [0.717, 1.165) is 0 Å². The van der Waals surface area contributed by atoms with Gasteiger partial charge in [-0.3, -0.25) is 4.79 Å². The number of carbonyl (C=O) groups excluding carboxylic acids is 1. The van der Waals surface area contributed by atoms with Crippen molar-refractivity contribution in [3.63, 3.8) is 0 Å². The highest BCUT2D eigenvalue weighted by atomic mass is 35.5. The number of carboxylic acid groups (broad SMARTS) is 1. The summed E-state index contributed by atoms with van der Waals surface area (Å²) in [5.74, 6) is -1.67. The fourth-order valence-electron chi connectivity index (χ4n) is 1.98. The first-order chi connectivity index (χ1) is 11.9. The molecule has 0 fully saturated rings. The van der Waals surface area contributed by atoms with Crippen LogP contribution in [0.15, 0.2) is 54.2 Å². The van der Waals surface area contributed by atoms with Crippen molar-refractivity contribution in [1.82, 2.24) is 0 Å². The molecule has 0 bridgehead atoms. The number of rotatable bonds is 5. The Balaban J connectivity index is 2.16. The molecule has 7 heteroatoms. The standard InChI is InChI=1S/C18H14ClN3O3/c1-11-15(19)6-3-7-16(11)22-17(23)13(9-20)10-21-14-5-2-4-12(8-14)18(24)25/h2-8,10,21H,1H3,(H,22,23)(H,24,25)/b13-10-. The van der Waals surface area contributed by atoms with E-state index in [0.29, 0.717) is 22.0 Å². The Labute approximate surface area is 149 Å². The minimum absolute atomic E-state index is 0.0934. The second-order valence-corrected chi connectivity index (χ2v) is 5.47.